The Labute approximate surface area is 161 Å². The maximum Gasteiger partial charge on any atom is 0.240 e. The molecule has 0 spiro atoms. The number of guanidine groups is 1. The number of benzene rings is 2. The van der Waals surface area contributed by atoms with E-state index in [-0.39, 0.29) is 16.9 Å². The van der Waals surface area contributed by atoms with Crippen molar-refractivity contribution in [2.75, 3.05) is 26.7 Å². The van der Waals surface area contributed by atoms with E-state index in [0.29, 0.717) is 12.5 Å². The summed E-state index contributed by atoms with van der Waals surface area (Å²) in [6.07, 6.45) is 2.33. The molecule has 0 unspecified atom stereocenters. The average molecular weight is 387 g/mol. The Morgan fingerprint density at radius 1 is 0.963 bits per heavy atom. The lowest BCUT2D eigenvalue weighted by molar-refractivity contribution is 0.580. The number of rotatable bonds is 8. The van der Waals surface area contributed by atoms with Gasteiger partial charge in [0.2, 0.25) is 10.0 Å². The van der Waals surface area contributed by atoms with Gasteiger partial charge in [0.15, 0.2) is 5.96 Å². The van der Waals surface area contributed by atoms with Gasteiger partial charge in [-0.25, -0.2) is 13.1 Å². The van der Waals surface area contributed by atoms with Crippen molar-refractivity contribution in [3.8, 4) is 0 Å². The maximum atomic E-state index is 12.2. The summed E-state index contributed by atoms with van der Waals surface area (Å²) in [4.78, 5) is 4.49. The second-order valence-corrected chi connectivity index (χ2v) is 8.48. The molecule has 0 saturated heterocycles. The van der Waals surface area contributed by atoms with Crippen molar-refractivity contribution >= 4 is 16.0 Å². The van der Waals surface area contributed by atoms with Crippen LogP contribution in [0.3, 0.4) is 0 Å². The van der Waals surface area contributed by atoms with Crippen molar-refractivity contribution in [2.45, 2.75) is 23.2 Å². The smallest absolute Gasteiger partial charge is 0.240 e. The van der Waals surface area contributed by atoms with Crippen molar-refractivity contribution < 1.29 is 8.42 Å². The Morgan fingerprint density at radius 2 is 1.59 bits per heavy atom. The minimum atomic E-state index is -3.48. The minimum Gasteiger partial charge on any atom is -0.356 e. The summed E-state index contributed by atoms with van der Waals surface area (Å²) in [5.41, 5.74) is 1.54. The molecule has 3 rings (SSSR count). The van der Waals surface area contributed by atoms with Gasteiger partial charge in [-0.1, -0.05) is 48.5 Å². The minimum absolute atomic E-state index is 0.188. The highest BCUT2D eigenvalue weighted by atomic mass is 32.2. The Hall–Kier alpha value is -2.38. The molecule has 0 atom stereocenters. The van der Waals surface area contributed by atoms with Crippen LogP contribution in [0.5, 0.6) is 0 Å². The maximum absolute atomic E-state index is 12.2. The molecule has 3 N–H and O–H groups in total. The SMILES string of the molecule is CN=C(NCCNS(=O)(=O)c1ccccc1)NCC1(c2ccccc2)CC1. The Morgan fingerprint density at radius 3 is 2.19 bits per heavy atom. The predicted molar refractivity (Wildman–Crippen MR) is 108 cm³/mol. The second kappa shape index (κ2) is 8.54. The van der Waals surface area contributed by atoms with Crippen LogP contribution >= 0.6 is 0 Å². The summed E-state index contributed by atoms with van der Waals surface area (Å²) in [6.45, 7) is 1.54. The van der Waals surface area contributed by atoms with Gasteiger partial charge in [-0.3, -0.25) is 4.99 Å². The molecule has 1 aliphatic carbocycles. The summed E-state index contributed by atoms with van der Waals surface area (Å²) < 4.78 is 27.0. The lowest BCUT2D eigenvalue weighted by Crippen LogP contribution is -2.44. The molecule has 0 aromatic heterocycles. The first kappa shape index (κ1) is 19.4. The molecule has 6 nitrogen and oxygen atoms in total. The van der Waals surface area contributed by atoms with Crippen LogP contribution in [0.25, 0.3) is 0 Å². The van der Waals surface area contributed by atoms with Crippen LogP contribution in [0, 0.1) is 0 Å². The lowest BCUT2D eigenvalue weighted by atomic mass is 9.96. The number of nitrogens with zero attached hydrogens (tertiary/aromatic N) is 1. The summed E-state index contributed by atoms with van der Waals surface area (Å²) in [6, 6.07) is 18.9. The molecule has 0 heterocycles. The van der Waals surface area contributed by atoms with E-state index >= 15 is 0 Å². The van der Waals surface area contributed by atoms with E-state index in [0.717, 1.165) is 19.4 Å². The monoisotopic (exact) mass is 386 g/mol. The zero-order valence-electron chi connectivity index (χ0n) is 15.5. The van der Waals surface area contributed by atoms with E-state index in [1.54, 1.807) is 37.4 Å². The molecule has 1 aliphatic rings. The van der Waals surface area contributed by atoms with Crippen LogP contribution in [0.4, 0.5) is 0 Å². The fourth-order valence-corrected chi connectivity index (χ4v) is 4.09. The third kappa shape index (κ3) is 5.08. The van der Waals surface area contributed by atoms with Crippen LogP contribution in [0.1, 0.15) is 18.4 Å². The molecule has 1 fully saturated rings. The Kier molecular flexibility index (Phi) is 6.13. The lowest BCUT2D eigenvalue weighted by Gasteiger charge is -2.19. The number of nitrogens with one attached hydrogen (secondary N) is 3. The van der Waals surface area contributed by atoms with Gasteiger partial charge in [0.1, 0.15) is 0 Å². The molecule has 27 heavy (non-hydrogen) atoms. The highest BCUT2D eigenvalue weighted by molar-refractivity contribution is 7.89. The van der Waals surface area contributed by atoms with Crippen molar-refractivity contribution in [3.63, 3.8) is 0 Å². The molecule has 0 radical (unpaired) electrons. The van der Waals surface area contributed by atoms with Gasteiger partial charge in [0.25, 0.3) is 0 Å². The van der Waals surface area contributed by atoms with Crippen LogP contribution < -0.4 is 15.4 Å². The standard InChI is InChI=1S/C20H26N4O2S/c1-21-19(23-16-20(12-13-20)17-8-4-2-5-9-17)22-14-15-24-27(25,26)18-10-6-3-7-11-18/h2-11,24H,12-16H2,1H3,(H2,21,22,23). The molecule has 2 aromatic carbocycles. The fraction of sp³-hybridized carbons (Fsp3) is 0.350. The van der Waals surface area contributed by atoms with Crippen LogP contribution in [-0.2, 0) is 15.4 Å². The summed E-state index contributed by atoms with van der Waals surface area (Å²) in [7, 11) is -1.76. The first-order chi connectivity index (χ1) is 13.1. The summed E-state index contributed by atoms with van der Waals surface area (Å²) >= 11 is 0. The van der Waals surface area contributed by atoms with Crippen molar-refractivity contribution in [1.29, 1.82) is 0 Å². The highest BCUT2D eigenvalue weighted by Gasteiger charge is 2.43. The van der Waals surface area contributed by atoms with Crippen LogP contribution in [0.15, 0.2) is 70.6 Å². The van der Waals surface area contributed by atoms with E-state index in [9.17, 15) is 8.42 Å². The first-order valence-electron chi connectivity index (χ1n) is 9.11. The van der Waals surface area contributed by atoms with Gasteiger partial charge in [-0.15, -0.1) is 0 Å². The normalized spacial score (nSPS) is 16.0. The average Bonchev–Trinajstić information content (AvgIpc) is 3.50. The van der Waals surface area contributed by atoms with Crippen LogP contribution in [0.2, 0.25) is 0 Å². The molecule has 144 valence electrons. The Balaban J connectivity index is 1.44. The number of aliphatic imine (C=N–C) groups is 1. The van der Waals surface area contributed by atoms with E-state index < -0.39 is 10.0 Å². The van der Waals surface area contributed by atoms with Gasteiger partial charge in [0, 0.05) is 32.1 Å². The van der Waals surface area contributed by atoms with Gasteiger partial charge in [-0.2, -0.15) is 0 Å². The van der Waals surface area contributed by atoms with Crippen molar-refractivity contribution in [1.82, 2.24) is 15.4 Å². The van der Waals surface area contributed by atoms with E-state index in [1.165, 1.54) is 5.56 Å². The largest absolute Gasteiger partial charge is 0.356 e. The zero-order chi connectivity index (χ0) is 19.2. The summed E-state index contributed by atoms with van der Waals surface area (Å²) in [5, 5.41) is 6.52. The van der Waals surface area contributed by atoms with Gasteiger partial charge in [0.05, 0.1) is 4.90 Å². The zero-order valence-corrected chi connectivity index (χ0v) is 16.3. The molecule has 2 aromatic rings. The highest BCUT2D eigenvalue weighted by Crippen LogP contribution is 2.47. The third-order valence-corrected chi connectivity index (χ3v) is 6.30. The molecule has 0 bridgehead atoms. The second-order valence-electron chi connectivity index (χ2n) is 6.71. The Bertz CT molecular complexity index is 863. The van der Waals surface area contributed by atoms with Crippen molar-refractivity contribution in [2.24, 2.45) is 4.99 Å². The molecule has 0 amide bonds. The number of hydrogen-bond acceptors (Lipinski definition) is 3. The molecule has 0 aliphatic heterocycles. The van der Waals surface area contributed by atoms with Gasteiger partial charge < -0.3 is 10.6 Å². The quantitative estimate of drug-likeness (QED) is 0.367. The van der Waals surface area contributed by atoms with E-state index in [1.807, 2.05) is 6.07 Å². The van der Waals surface area contributed by atoms with E-state index in [4.69, 9.17) is 0 Å². The van der Waals surface area contributed by atoms with Crippen molar-refractivity contribution in [3.05, 3.63) is 66.2 Å². The predicted octanol–water partition coefficient (Wildman–Crippen LogP) is 1.86. The topological polar surface area (TPSA) is 82.6 Å². The van der Waals surface area contributed by atoms with Crippen LogP contribution in [-0.4, -0.2) is 41.1 Å². The summed E-state index contributed by atoms with van der Waals surface area (Å²) in [5.74, 6) is 0.677. The van der Waals surface area contributed by atoms with Gasteiger partial charge >= 0.3 is 0 Å². The van der Waals surface area contributed by atoms with Gasteiger partial charge in [-0.05, 0) is 30.5 Å². The molecule has 1 saturated carbocycles. The first-order valence-corrected chi connectivity index (χ1v) is 10.6. The number of sulfonamides is 1. The molecular weight excluding hydrogens is 360 g/mol. The van der Waals surface area contributed by atoms with E-state index in [2.05, 4.69) is 44.6 Å². The molecular formula is C20H26N4O2S. The fourth-order valence-electron chi connectivity index (χ4n) is 3.03. The number of hydrogen-bond donors (Lipinski definition) is 3. The third-order valence-electron chi connectivity index (χ3n) is 4.82. The molecule has 7 heteroatoms.